The highest BCUT2D eigenvalue weighted by Crippen LogP contribution is 2.33. The first-order chi connectivity index (χ1) is 24.2. The van der Waals surface area contributed by atoms with Crippen molar-refractivity contribution >= 4 is 43.2 Å². The summed E-state index contributed by atoms with van der Waals surface area (Å²) in [7, 11) is -3.09. The number of hydrogen-bond acceptors (Lipinski definition) is 5. The average molecular weight is 689 g/mol. The largest absolute Gasteiger partial charge is 0.381 e. The number of H-pyrrole nitrogens is 2. The Morgan fingerprint density at radius 3 is 1.50 bits per heavy atom. The third-order valence-electron chi connectivity index (χ3n) is 9.90. The van der Waals surface area contributed by atoms with Gasteiger partial charge in [0.15, 0.2) is 0 Å². The Balaban J connectivity index is 0.000000159. The summed E-state index contributed by atoms with van der Waals surface area (Å²) in [5.41, 5.74) is 11.8. The molecule has 0 saturated carbocycles. The first-order valence-electron chi connectivity index (χ1n) is 17.8. The second-order valence-electron chi connectivity index (χ2n) is 13.9. The van der Waals surface area contributed by atoms with E-state index in [1.54, 1.807) is 4.31 Å². The van der Waals surface area contributed by atoms with Crippen LogP contribution in [0.2, 0.25) is 0 Å². The molecule has 0 aliphatic carbocycles. The number of rotatable bonds is 7. The summed E-state index contributed by atoms with van der Waals surface area (Å²) in [5, 5.41) is 13.3. The quantitative estimate of drug-likeness (QED) is 0.116. The maximum absolute atomic E-state index is 11.7. The summed E-state index contributed by atoms with van der Waals surface area (Å²) >= 11 is 0. The van der Waals surface area contributed by atoms with Crippen LogP contribution in [0.5, 0.6) is 0 Å². The molecular weight excluding hydrogens is 641 g/mol. The molecule has 8 nitrogen and oxygen atoms in total. The van der Waals surface area contributed by atoms with Crippen molar-refractivity contribution in [3.8, 4) is 22.5 Å². The van der Waals surface area contributed by atoms with Gasteiger partial charge in [-0.15, -0.1) is 0 Å². The molecule has 4 aromatic carbocycles. The molecule has 2 aromatic heterocycles. The van der Waals surface area contributed by atoms with Crippen LogP contribution in [0.4, 0.5) is 11.4 Å². The molecule has 2 aliphatic heterocycles. The van der Waals surface area contributed by atoms with Gasteiger partial charge in [-0.2, -0.15) is 0 Å². The van der Waals surface area contributed by atoms with Gasteiger partial charge < -0.3 is 25.9 Å². The number of hydrogen-bond donors (Lipinski definition) is 5. The van der Waals surface area contributed by atoms with Gasteiger partial charge in [0.05, 0.1) is 28.7 Å². The topological polar surface area (TPSA) is 105 Å². The minimum atomic E-state index is -3.09. The predicted octanol–water partition coefficient (Wildman–Crippen LogP) is 8.29. The first kappa shape index (κ1) is 33.9. The Labute approximate surface area is 295 Å². The maximum atomic E-state index is 11.7. The highest BCUT2D eigenvalue weighted by molar-refractivity contribution is 7.88. The first-order valence-corrected chi connectivity index (χ1v) is 19.6. The number of aromatic amines is 2. The molecule has 260 valence electrons. The normalized spacial score (nSPS) is 16.3. The second kappa shape index (κ2) is 14.7. The van der Waals surface area contributed by atoms with Crippen molar-refractivity contribution in [3.63, 3.8) is 0 Å². The van der Waals surface area contributed by atoms with Crippen molar-refractivity contribution in [2.75, 3.05) is 43.1 Å². The van der Waals surface area contributed by atoms with Gasteiger partial charge in [0.1, 0.15) is 0 Å². The van der Waals surface area contributed by atoms with Crippen LogP contribution in [0.1, 0.15) is 36.8 Å². The molecule has 0 unspecified atom stereocenters. The maximum Gasteiger partial charge on any atom is 0.211 e. The van der Waals surface area contributed by atoms with E-state index in [0.29, 0.717) is 19.1 Å². The molecule has 0 atom stereocenters. The lowest BCUT2D eigenvalue weighted by molar-refractivity contribution is 0.332. The highest BCUT2D eigenvalue weighted by Gasteiger charge is 2.25. The second-order valence-corrected chi connectivity index (χ2v) is 15.9. The van der Waals surface area contributed by atoms with E-state index >= 15 is 0 Å². The lowest BCUT2D eigenvalue weighted by Crippen LogP contribution is -2.41. The van der Waals surface area contributed by atoms with Gasteiger partial charge in [0.2, 0.25) is 10.0 Å². The fourth-order valence-electron chi connectivity index (χ4n) is 7.30. The van der Waals surface area contributed by atoms with Crippen molar-refractivity contribution in [3.05, 3.63) is 108 Å². The van der Waals surface area contributed by atoms with Gasteiger partial charge in [-0.1, -0.05) is 60.7 Å². The number of sulfonamides is 1. The van der Waals surface area contributed by atoms with Crippen LogP contribution >= 0.6 is 0 Å². The fraction of sp³-hybridized carbons (Fsp3) is 0.317. The number of aryl methyl sites for hydroxylation is 2. The van der Waals surface area contributed by atoms with Crippen LogP contribution in [-0.2, 0) is 10.0 Å². The van der Waals surface area contributed by atoms with Crippen molar-refractivity contribution in [1.29, 1.82) is 0 Å². The zero-order valence-corrected chi connectivity index (χ0v) is 30.0. The standard InChI is InChI=1S/C21H25N3O2S.C20H23N3/c1-15-12-17-14-19(16-6-4-3-5-7-16)23-21(17)20(13-15)22-18-8-10-24(11-9-18)27(2,25)26;1-14-11-16-13-18(15-5-3-2-4-6-15)23-20(16)19(12-14)22-17-7-9-21-10-8-17/h3-7,12-14,18,22-23H,8-11H2,1-2H3;2-6,11-13,17,21-23H,7-10H2,1H3. The molecule has 0 amide bonds. The summed E-state index contributed by atoms with van der Waals surface area (Å²) in [4.78, 5) is 7.18. The Bertz CT molecular complexity index is 2160. The van der Waals surface area contributed by atoms with Gasteiger partial charge in [0.25, 0.3) is 0 Å². The van der Waals surface area contributed by atoms with Gasteiger partial charge in [-0.05, 0) is 111 Å². The summed E-state index contributed by atoms with van der Waals surface area (Å²) in [6.45, 7) is 7.63. The molecule has 6 aromatic rings. The third kappa shape index (κ3) is 7.91. The number of nitrogens with one attached hydrogen (secondary N) is 5. The summed E-state index contributed by atoms with van der Waals surface area (Å²) in [5.74, 6) is 0. The Hall–Kier alpha value is -4.57. The number of fused-ring (bicyclic) bond motifs is 2. The third-order valence-corrected chi connectivity index (χ3v) is 11.2. The minimum absolute atomic E-state index is 0.275. The van der Waals surface area contributed by atoms with E-state index in [1.807, 2.05) is 18.2 Å². The molecule has 8 rings (SSSR count). The van der Waals surface area contributed by atoms with Crippen molar-refractivity contribution in [2.45, 2.75) is 51.6 Å². The van der Waals surface area contributed by atoms with E-state index in [-0.39, 0.29) is 6.04 Å². The predicted molar refractivity (Wildman–Crippen MR) is 210 cm³/mol. The molecule has 9 heteroatoms. The SMILES string of the molecule is Cc1cc(NC2CCN(S(C)(=O)=O)CC2)c2[nH]c(-c3ccccc3)cc2c1.Cc1cc(NC2CCNCC2)c2[nH]c(-c3ccccc3)cc2c1. The molecule has 4 heterocycles. The highest BCUT2D eigenvalue weighted by atomic mass is 32.2. The van der Waals surface area contributed by atoms with E-state index in [9.17, 15) is 8.42 Å². The molecule has 5 N–H and O–H groups in total. The molecule has 0 spiro atoms. The molecular formula is C41H48N6O2S. The number of nitrogens with zero attached hydrogens (tertiary/aromatic N) is 1. The average Bonchev–Trinajstić information content (AvgIpc) is 3.75. The van der Waals surface area contributed by atoms with Gasteiger partial charge in [0, 0.05) is 47.3 Å². The number of piperidine rings is 2. The Morgan fingerprint density at radius 1 is 0.620 bits per heavy atom. The van der Waals surface area contributed by atoms with Crippen LogP contribution in [0.25, 0.3) is 44.3 Å². The van der Waals surface area contributed by atoms with E-state index in [0.717, 1.165) is 42.8 Å². The molecule has 2 saturated heterocycles. The van der Waals surface area contributed by atoms with Crippen molar-refractivity contribution in [2.24, 2.45) is 0 Å². The Kier molecular flexibility index (Phi) is 9.99. The Morgan fingerprint density at radius 2 is 1.06 bits per heavy atom. The molecule has 2 aliphatic rings. The molecule has 0 bridgehead atoms. The lowest BCUT2D eigenvalue weighted by atomic mass is 10.1. The zero-order chi connectivity index (χ0) is 34.7. The van der Waals surface area contributed by atoms with Crippen LogP contribution in [-0.4, -0.2) is 67.2 Å². The summed E-state index contributed by atoms with van der Waals surface area (Å²) < 4.78 is 25.0. The number of anilines is 2. The lowest BCUT2D eigenvalue weighted by Gasteiger charge is -2.31. The zero-order valence-electron chi connectivity index (χ0n) is 29.2. The van der Waals surface area contributed by atoms with Gasteiger partial charge >= 0.3 is 0 Å². The van der Waals surface area contributed by atoms with E-state index in [2.05, 4.69) is 119 Å². The number of benzene rings is 4. The van der Waals surface area contributed by atoms with Gasteiger partial charge in [-0.25, -0.2) is 12.7 Å². The van der Waals surface area contributed by atoms with Crippen LogP contribution in [0.15, 0.2) is 97.1 Å². The fourth-order valence-corrected chi connectivity index (χ4v) is 8.17. The van der Waals surface area contributed by atoms with Crippen LogP contribution in [0.3, 0.4) is 0 Å². The monoisotopic (exact) mass is 688 g/mol. The smallest absolute Gasteiger partial charge is 0.211 e. The van der Waals surface area contributed by atoms with E-state index in [4.69, 9.17) is 0 Å². The van der Waals surface area contributed by atoms with Crippen molar-refractivity contribution < 1.29 is 8.42 Å². The molecule has 2 fully saturated rings. The van der Waals surface area contributed by atoms with Crippen LogP contribution < -0.4 is 16.0 Å². The molecule has 50 heavy (non-hydrogen) atoms. The molecule has 0 radical (unpaired) electrons. The van der Waals surface area contributed by atoms with E-state index < -0.39 is 10.0 Å². The summed E-state index contributed by atoms with van der Waals surface area (Å²) in [6, 6.07) is 35.0. The minimum Gasteiger partial charge on any atom is -0.381 e. The van der Waals surface area contributed by atoms with Crippen LogP contribution in [0, 0.1) is 13.8 Å². The van der Waals surface area contributed by atoms with Gasteiger partial charge in [-0.3, -0.25) is 0 Å². The number of aromatic nitrogens is 2. The van der Waals surface area contributed by atoms with Crippen molar-refractivity contribution in [1.82, 2.24) is 19.6 Å². The van der Waals surface area contributed by atoms with E-state index in [1.165, 1.54) is 69.0 Å². The summed E-state index contributed by atoms with van der Waals surface area (Å²) in [6.07, 6.45) is 5.28.